The van der Waals surface area contributed by atoms with Crippen molar-refractivity contribution < 1.29 is 5.11 Å². The Kier molecular flexibility index (Phi) is 5.35. The second-order valence-electron chi connectivity index (χ2n) is 7.14. The van der Waals surface area contributed by atoms with E-state index in [2.05, 4.69) is 11.0 Å². The molecule has 0 amide bonds. The van der Waals surface area contributed by atoms with E-state index in [1.54, 1.807) is 0 Å². The summed E-state index contributed by atoms with van der Waals surface area (Å²) in [5, 5.41) is 11.4. The van der Waals surface area contributed by atoms with Gasteiger partial charge in [-0.05, 0) is 54.9 Å². The van der Waals surface area contributed by atoms with Crippen LogP contribution in [0.15, 0.2) is 57.8 Å². The summed E-state index contributed by atoms with van der Waals surface area (Å²) in [5.41, 5.74) is 10.8. The summed E-state index contributed by atoms with van der Waals surface area (Å²) >= 11 is 8.25. The van der Waals surface area contributed by atoms with Crippen molar-refractivity contribution in [3.05, 3.63) is 68.4 Å². The fourth-order valence-electron chi connectivity index (χ4n) is 4.33. The minimum atomic E-state index is 0.393. The number of thioether (sulfide) groups is 1. The van der Waals surface area contributed by atoms with Crippen LogP contribution >= 0.6 is 23.4 Å². The number of fused-ring (bicyclic) bond motifs is 2. The molecule has 3 saturated heterocycles. The second kappa shape index (κ2) is 7.71. The molecular formula is C21H25ClN2OS. The van der Waals surface area contributed by atoms with E-state index in [0.29, 0.717) is 18.2 Å². The number of aliphatic hydroxyl groups excluding tert-OH is 1. The number of nitrogens with two attached hydrogens (primary N) is 1. The topological polar surface area (TPSA) is 49.5 Å². The Morgan fingerprint density at radius 3 is 2.73 bits per heavy atom. The van der Waals surface area contributed by atoms with Crippen molar-refractivity contribution in [2.24, 2.45) is 11.7 Å². The van der Waals surface area contributed by atoms with Gasteiger partial charge in [0.25, 0.3) is 0 Å². The number of hydrogen-bond acceptors (Lipinski definition) is 4. The molecule has 1 aromatic carbocycles. The molecule has 3 aliphatic heterocycles. The SMILES string of the molecule is NCC1=C2/C(=C(/SCc3ccccc3Cl)CC/C=C\1O)N1CCC2CC1. The first-order valence-corrected chi connectivity index (χ1v) is 10.7. The average molecular weight is 389 g/mol. The Labute approximate surface area is 164 Å². The quantitative estimate of drug-likeness (QED) is 0.761. The first-order valence-electron chi connectivity index (χ1n) is 9.36. The van der Waals surface area contributed by atoms with Crippen LogP contribution < -0.4 is 5.73 Å². The Morgan fingerprint density at radius 1 is 1.23 bits per heavy atom. The summed E-state index contributed by atoms with van der Waals surface area (Å²) in [4.78, 5) is 3.93. The molecule has 26 heavy (non-hydrogen) atoms. The van der Waals surface area contributed by atoms with E-state index in [0.717, 1.165) is 55.1 Å². The molecule has 0 atom stereocenters. The summed E-state index contributed by atoms with van der Waals surface area (Å²) in [7, 11) is 0. The number of nitrogens with zero attached hydrogens (tertiary/aromatic N) is 1. The Hall–Kier alpha value is -1.36. The van der Waals surface area contributed by atoms with Crippen LogP contribution in [0, 0.1) is 5.92 Å². The molecule has 4 aliphatic rings. The zero-order valence-corrected chi connectivity index (χ0v) is 16.5. The van der Waals surface area contributed by atoms with Gasteiger partial charge in [-0.3, -0.25) is 0 Å². The number of aliphatic hydroxyl groups is 1. The highest BCUT2D eigenvalue weighted by molar-refractivity contribution is 8.02. The summed E-state index contributed by atoms with van der Waals surface area (Å²) in [6.07, 6.45) is 6.07. The predicted octanol–water partition coefficient (Wildman–Crippen LogP) is 5.00. The van der Waals surface area contributed by atoms with Gasteiger partial charge in [0.15, 0.2) is 0 Å². The average Bonchev–Trinajstić information content (AvgIpc) is 2.66. The largest absolute Gasteiger partial charge is 0.508 e. The predicted molar refractivity (Wildman–Crippen MR) is 110 cm³/mol. The minimum Gasteiger partial charge on any atom is -0.508 e. The molecule has 5 heteroatoms. The van der Waals surface area contributed by atoms with Gasteiger partial charge in [-0.1, -0.05) is 29.8 Å². The third-order valence-corrected chi connectivity index (χ3v) is 7.22. The van der Waals surface area contributed by atoms with Gasteiger partial charge >= 0.3 is 0 Å². The maximum atomic E-state index is 10.5. The monoisotopic (exact) mass is 388 g/mol. The fourth-order valence-corrected chi connectivity index (χ4v) is 5.83. The molecule has 5 rings (SSSR count). The molecule has 3 nitrogen and oxygen atoms in total. The van der Waals surface area contributed by atoms with Crippen molar-refractivity contribution in [3.8, 4) is 0 Å². The van der Waals surface area contributed by atoms with Gasteiger partial charge in [-0.2, -0.15) is 0 Å². The number of rotatable bonds is 4. The summed E-state index contributed by atoms with van der Waals surface area (Å²) in [5.74, 6) is 1.79. The molecule has 3 heterocycles. The smallest absolute Gasteiger partial charge is 0.116 e. The summed E-state index contributed by atoms with van der Waals surface area (Å²) in [6, 6.07) is 8.08. The molecule has 0 unspecified atom stereocenters. The molecule has 1 aromatic rings. The van der Waals surface area contributed by atoms with E-state index < -0.39 is 0 Å². The molecule has 1 aliphatic carbocycles. The number of halogens is 1. The summed E-state index contributed by atoms with van der Waals surface area (Å²) < 4.78 is 0. The van der Waals surface area contributed by atoms with Crippen molar-refractivity contribution in [1.82, 2.24) is 4.90 Å². The van der Waals surface area contributed by atoms with E-state index >= 15 is 0 Å². The van der Waals surface area contributed by atoms with Gasteiger partial charge in [-0.15, -0.1) is 11.8 Å². The van der Waals surface area contributed by atoms with Crippen molar-refractivity contribution >= 4 is 23.4 Å². The standard InChI is InChI=1S/C21H25ClN2OS/c22-17-5-2-1-4-15(17)13-26-19-7-3-6-18(25)16(12-23)20-14-8-10-24(11-9-14)21(19)20/h1-2,4-6,14,25H,3,7-13,23H2/b18-6+,20-16-,21-19-. The van der Waals surface area contributed by atoms with Crippen LogP contribution in [0.5, 0.6) is 0 Å². The van der Waals surface area contributed by atoms with Gasteiger partial charge in [-0.25, -0.2) is 0 Å². The van der Waals surface area contributed by atoms with Crippen LogP contribution in [-0.2, 0) is 5.75 Å². The lowest BCUT2D eigenvalue weighted by molar-refractivity contribution is 0.202. The van der Waals surface area contributed by atoms with E-state index in [1.165, 1.54) is 21.7 Å². The third kappa shape index (κ3) is 3.30. The van der Waals surface area contributed by atoms with Crippen LogP contribution in [0.3, 0.4) is 0 Å². The first-order chi connectivity index (χ1) is 12.7. The zero-order chi connectivity index (χ0) is 18.1. The highest BCUT2D eigenvalue weighted by atomic mass is 35.5. The molecule has 138 valence electrons. The molecule has 0 radical (unpaired) electrons. The highest BCUT2D eigenvalue weighted by Gasteiger charge is 2.37. The Bertz CT molecular complexity index is 791. The molecule has 0 spiro atoms. The van der Waals surface area contributed by atoms with Gasteiger partial charge < -0.3 is 15.7 Å². The zero-order valence-electron chi connectivity index (χ0n) is 14.9. The summed E-state index contributed by atoms with van der Waals surface area (Å²) in [6.45, 7) is 2.62. The lowest BCUT2D eigenvalue weighted by atomic mass is 9.77. The second-order valence-corrected chi connectivity index (χ2v) is 8.61. The molecular weight excluding hydrogens is 364 g/mol. The Balaban J connectivity index is 1.73. The number of hydrogen-bond donors (Lipinski definition) is 2. The van der Waals surface area contributed by atoms with Crippen molar-refractivity contribution in [2.75, 3.05) is 19.6 Å². The van der Waals surface area contributed by atoms with Gasteiger partial charge in [0, 0.05) is 40.9 Å². The molecule has 3 fully saturated rings. The fraction of sp³-hybridized carbons (Fsp3) is 0.429. The van der Waals surface area contributed by atoms with Crippen LogP contribution in [-0.4, -0.2) is 29.6 Å². The Morgan fingerprint density at radius 2 is 2.00 bits per heavy atom. The van der Waals surface area contributed by atoms with E-state index in [9.17, 15) is 5.11 Å². The van der Waals surface area contributed by atoms with Gasteiger partial charge in [0.1, 0.15) is 5.76 Å². The van der Waals surface area contributed by atoms with E-state index in [-0.39, 0.29) is 0 Å². The molecule has 0 saturated carbocycles. The number of benzene rings is 1. The lowest BCUT2D eigenvalue weighted by Crippen LogP contribution is -2.43. The minimum absolute atomic E-state index is 0.393. The highest BCUT2D eigenvalue weighted by Crippen LogP contribution is 2.47. The number of piperidine rings is 3. The molecule has 3 N–H and O–H groups in total. The molecule has 2 bridgehead atoms. The van der Waals surface area contributed by atoms with Crippen molar-refractivity contribution in [3.63, 3.8) is 0 Å². The van der Waals surface area contributed by atoms with Gasteiger partial charge in [0.05, 0.1) is 5.70 Å². The van der Waals surface area contributed by atoms with E-state index in [1.807, 2.05) is 36.0 Å². The van der Waals surface area contributed by atoms with E-state index in [4.69, 9.17) is 17.3 Å². The van der Waals surface area contributed by atoms with Gasteiger partial charge in [0.2, 0.25) is 0 Å². The van der Waals surface area contributed by atoms with Crippen LogP contribution in [0.4, 0.5) is 0 Å². The normalized spacial score (nSPS) is 28.4. The van der Waals surface area contributed by atoms with Crippen molar-refractivity contribution in [1.29, 1.82) is 0 Å². The number of allylic oxidation sites excluding steroid dienone is 3. The molecule has 0 aromatic heterocycles. The van der Waals surface area contributed by atoms with Crippen LogP contribution in [0.1, 0.15) is 31.2 Å². The van der Waals surface area contributed by atoms with Crippen molar-refractivity contribution in [2.45, 2.75) is 31.4 Å². The first kappa shape index (κ1) is 18.0. The maximum Gasteiger partial charge on any atom is 0.116 e. The maximum absolute atomic E-state index is 10.5. The lowest BCUT2D eigenvalue weighted by Gasteiger charge is -2.47. The van der Waals surface area contributed by atoms with Crippen LogP contribution in [0.25, 0.3) is 0 Å². The third-order valence-electron chi connectivity index (χ3n) is 5.65. The van der Waals surface area contributed by atoms with Crippen LogP contribution in [0.2, 0.25) is 5.02 Å².